The molecule has 1 aromatic carbocycles. The molecule has 0 amide bonds. The highest BCUT2D eigenvalue weighted by atomic mass is 32.1. The van der Waals surface area contributed by atoms with E-state index >= 15 is 0 Å². The number of hydrogen-bond acceptors (Lipinski definition) is 2. The quantitative estimate of drug-likeness (QED) is 0.883. The number of benzene rings is 1. The lowest BCUT2D eigenvalue weighted by molar-refractivity contribution is 0.647. The average molecular weight is 247 g/mol. The number of H-pyrrole nitrogens is 1. The van der Waals surface area contributed by atoms with Gasteiger partial charge in [-0.3, -0.25) is 4.79 Å². The zero-order valence-electron chi connectivity index (χ0n) is 10.4. The molecule has 0 saturated heterocycles. The van der Waals surface area contributed by atoms with Gasteiger partial charge in [0.15, 0.2) is 0 Å². The van der Waals surface area contributed by atoms with Gasteiger partial charge in [0.05, 0.1) is 5.69 Å². The number of thiazole rings is 1. The molecule has 2 rings (SSSR count). The minimum Gasteiger partial charge on any atom is -0.312 e. The van der Waals surface area contributed by atoms with E-state index in [9.17, 15) is 4.79 Å². The first-order valence-corrected chi connectivity index (χ1v) is 6.67. The Morgan fingerprint density at radius 2 is 1.88 bits per heavy atom. The molecule has 0 aliphatic heterocycles. The van der Waals surface area contributed by atoms with Crippen LogP contribution in [-0.4, -0.2) is 4.98 Å². The largest absolute Gasteiger partial charge is 0.312 e. The summed E-state index contributed by atoms with van der Waals surface area (Å²) in [6, 6.07) is 8.46. The van der Waals surface area contributed by atoms with Crippen molar-refractivity contribution in [2.45, 2.75) is 27.2 Å². The maximum Gasteiger partial charge on any atom is 0.305 e. The van der Waals surface area contributed by atoms with E-state index in [0.717, 1.165) is 22.6 Å². The van der Waals surface area contributed by atoms with Gasteiger partial charge in [-0.1, -0.05) is 49.4 Å². The smallest absolute Gasteiger partial charge is 0.305 e. The lowest BCUT2D eigenvalue weighted by atomic mass is 10.0. The molecule has 1 N–H and O–H groups in total. The van der Waals surface area contributed by atoms with Crippen molar-refractivity contribution >= 4 is 11.3 Å². The molecule has 0 unspecified atom stereocenters. The third kappa shape index (κ3) is 2.86. The van der Waals surface area contributed by atoms with Crippen LogP contribution in [0.1, 0.15) is 24.3 Å². The fourth-order valence-corrected chi connectivity index (χ4v) is 2.66. The third-order valence-electron chi connectivity index (χ3n) is 2.71. The summed E-state index contributed by atoms with van der Waals surface area (Å²) in [6.45, 7) is 6.41. The van der Waals surface area contributed by atoms with Crippen molar-refractivity contribution in [3.05, 3.63) is 44.4 Å². The molecule has 17 heavy (non-hydrogen) atoms. The molecule has 0 aliphatic rings. The highest BCUT2D eigenvalue weighted by molar-refractivity contribution is 7.09. The van der Waals surface area contributed by atoms with Gasteiger partial charge >= 0.3 is 4.87 Å². The second-order valence-corrected chi connectivity index (χ2v) is 5.93. The van der Waals surface area contributed by atoms with Crippen molar-refractivity contribution in [2.75, 3.05) is 0 Å². The van der Waals surface area contributed by atoms with Gasteiger partial charge in [-0.05, 0) is 30.4 Å². The van der Waals surface area contributed by atoms with Crippen LogP contribution < -0.4 is 4.87 Å². The van der Waals surface area contributed by atoms with Gasteiger partial charge in [-0.15, -0.1) is 0 Å². The molecule has 3 heteroatoms. The summed E-state index contributed by atoms with van der Waals surface area (Å²) >= 11 is 1.27. The second kappa shape index (κ2) is 4.88. The molecular weight excluding hydrogens is 230 g/mol. The Bertz CT molecular complexity index is 548. The summed E-state index contributed by atoms with van der Waals surface area (Å²) in [5, 5.41) is 0. The second-order valence-electron chi connectivity index (χ2n) is 4.74. The Morgan fingerprint density at radius 3 is 2.35 bits per heavy atom. The monoisotopic (exact) mass is 247 g/mol. The van der Waals surface area contributed by atoms with Gasteiger partial charge < -0.3 is 4.98 Å². The Kier molecular flexibility index (Phi) is 3.48. The van der Waals surface area contributed by atoms with E-state index in [0.29, 0.717) is 5.92 Å². The molecule has 0 bridgehead atoms. The Morgan fingerprint density at radius 1 is 1.24 bits per heavy atom. The molecule has 0 fully saturated rings. The minimum atomic E-state index is 0.0174. The zero-order chi connectivity index (χ0) is 12.4. The van der Waals surface area contributed by atoms with E-state index in [1.165, 1.54) is 16.9 Å². The standard InChI is InChI=1S/C14H17NOS/c1-9(2)8-11-4-6-12(7-5-11)13-10(3)17-14(16)15-13/h4-7,9H,8H2,1-3H3,(H,15,16). The van der Waals surface area contributed by atoms with E-state index in [1.807, 2.05) is 6.92 Å². The normalized spacial score (nSPS) is 11.1. The van der Waals surface area contributed by atoms with E-state index in [2.05, 4.69) is 43.1 Å². The number of nitrogens with one attached hydrogen (secondary N) is 1. The predicted molar refractivity (Wildman–Crippen MR) is 73.7 cm³/mol. The number of rotatable bonds is 3. The summed E-state index contributed by atoms with van der Waals surface area (Å²) < 4.78 is 0. The van der Waals surface area contributed by atoms with Crippen LogP contribution in [0.25, 0.3) is 11.3 Å². The molecule has 0 radical (unpaired) electrons. The molecule has 0 atom stereocenters. The number of hydrogen-bond donors (Lipinski definition) is 1. The lowest BCUT2D eigenvalue weighted by Crippen LogP contribution is -1.95. The van der Waals surface area contributed by atoms with Crippen LogP contribution in [0.15, 0.2) is 29.1 Å². The summed E-state index contributed by atoms with van der Waals surface area (Å²) in [5.41, 5.74) is 3.39. The summed E-state index contributed by atoms with van der Waals surface area (Å²) in [5.74, 6) is 0.670. The predicted octanol–water partition coefficient (Wildman–Crippen LogP) is 3.61. The maximum atomic E-state index is 11.3. The average Bonchev–Trinajstić information content (AvgIpc) is 2.58. The van der Waals surface area contributed by atoms with Crippen LogP contribution >= 0.6 is 11.3 Å². The maximum absolute atomic E-state index is 11.3. The first-order chi connectivity index (χ1) is 8.06. The molecule has 2 nitrogen and oxygen atoms in total. The van der Waals surface area contributed by atoms with Gasteiger partial charge in [0.1, 0.15) is 0 Å². The van der Waals surface area contributed by atoms with Crippen molar-refractivity contribution in [1.82, 2.24) is 4.98 Å². The van der Waals surface area contributed by atoms with Gasteiger partial charge in [0.25, 0.3) is 0 Å². The SMILES string of the molecule is Cc1sc(=O)[nH]c1-c1ccc(CC(C)C)cc1. The van der Waals surface area contributed by atoms with Crippen molar-refractivity contribution in [3.8, 4) is 11.3 Å². The molecule has 0 spiro atoms. The molecule has 2 aromatic rings. The Balaban J connectivity index is 2.29. The fourth-order valence-electron chi connectivity index (χ4n) is 1.96. The first kappa shape index (κ1) is 12.1. The molecule has 0 saturated carbocycles. The summed E-state index contributed by atoms with van der Waals surface area (Å²) in [6.07, 6.45) is 1.10. The number of aromatic amines is 1. The van der Waals surface area contributed by atoms with E-state index < -0.39 is 0 Å². The molecular formula is C14H17NOS. The van der Waals surface area contributed by atoms with E-state index in [1.54, 1.807) is 0 Å². The van der Waals surface area contributed by atoms with Gasteiger partial charge in [-0.2, -0.15) is 0 Å². The molecule has 1 heterocycles. The summed E-state index contributed by atoms with van der Waals surface area (Å²) in [4.78, 5) is 15.2. The highest BCUT2D eigenvalue weighted by Crippen LogP contribution is 2.23. The zero-order valence-corrected chi connectivity index (χ0v) is 11.2. The molecule has 1 aromatic heterocycles. The van der Waals surface area contributed by atoms with Crippen LogP contribution in [0.4, 0.5) is 0 Å². The summed E-state index contributed by atoms with van der Waals surface area (Å²) in [7, 11) is 0. The third-order valence-corrected chi connectivity index (χ3v) is 3.51. The van der Waals surface area contributed by atoms with Crippen molar-refractivity contribution < 1.29 is 0 Å². The van der Waals surface area contributed by atoms with Crippen molar-refractivity contribution in [3.63, 3.8) is 0 Å². The van der Waals surface area contributed by atoms with Crippen LogP contribution in [-0.2, 0) is 6.42 Å². The van der Waals surface area contributed by atoms with E-state index in [-0.39, 0.29) is 4.87 Å². The first-order valence-electron chi connectivity index (χ1n) is 5.85. The minimum absolute atomic E-state index is 0.0174. The van der Waals surface area contributed by atoms with Crippen LogP contribution in [0.3, 0.4) is 0 Å². The highest BCUT2D eigenvalue weighted by Gasteiger charge is 2.06. The van der Waals surface area contributed by atoms with Crippen molar-refractivity contribution in [2.24, 2.45) is 5.92 Å². The van der Waals surface area contributed by atoms with Gasteiger partial charge in [0, 0.05) is 4.88 Å². The lowest BCUT2D eigenvalue weighted by Gasteiger charge is -2.06. The van der Waals surface area contributed by atoms with Gasteiger partial charge in [0.2, 0.25) is 0 Å². The number of aryl methyl sites for hydroxylation is 1. The van der Waals surface area contributed by atoms with Crippen molar-refractivity contribution in [1.29, 1.82) is 0 Å². The molecule has 0 aliphatic carbocycles. The molecule has 90 valence electrons. The number of aromatic nitrogens is 1. The van der Waals surface area contributed by atoms with Crippen LogP contribution in [0.2, 0.25) is 0 Å². The van der Waals surface area contributed by atoms with Crippen LogP contribution in [0, 0.1) is 12.8 Å². The van der Waals surface area contributed by atoms with E-state index in [4.69, 9.17) is 0 Å². The Labute approximate surface area is 105 Å². The van der Waals surface area contributed by atoms with Crippen LogP contribution in [0.5, 0.6) is 0 Å². The topological polar surface area (TPSA) is 32.9 Å². The fraction of sp³-hybridized carbons (Fsp3) is 0.357. The Hall–Kier alpha value is -1.35. The van der Waals surface area contributed by atoms with Gasteiger partial charge in [-0.25, -0.2) is 0 Å².